The number of nitrogen functional groups attached to an aromatic ring is 1. The van der Waals surface area contributed by atoms with Crippen molar-refractivity contribution in [2.24, 2.45) is 0 Å². The van der Waals surface area contributed by atoms with Gasteiger partial charge in [-0.3, -0.25) is 0 Å². The van der Waals surface area contributed by atoms with Crippen molar-refractivity contribution >= 4 is 5.82 Å². The molecule has 2 aromatic rings. The molecule has 4 nitrogen and oxygen atoms in total. The van der Waals surface area contributed by atoms with Gasteiger partial charge < -0.3 is 5.73 Å². The predicted molar refractivity (Wildman–Crippen MR) is 57.4 cm³/mol. The number of nitrogens with zero attached hydrogens (tertiary/aromatic N) is 3. The van der Waals surface area contributed by atoms with E-state index in [9.17, 15) is 0 Å². The van der Waals surface area contributed by atoms with E-state index >= 15 is 0 Å². The Balaban J connectivity index is 2.58. The third-order valence-corrected chi connectivity index (χ3v) is 2.13. The zero-order valence-electron chi connectivity index (χ0n) is 8.31. The number of nitrogens with two attached hydrogens (primary N) is 1. The van der Waals surface area contributed by atoms with Gasteiger partial charge in [-0.2, -0.15) is 10.4 Å². The topological polar surface area (TPSA) is 67.6 Å². The molecule has 0 atom stereocenters. The van der Waals surface area contributed by atoms with Crippen LogP contribution in [-0.2, 0) is 0 Å². The Kier molecular flexibility index (Phi) is 2.14. The van der Waals surface area contributed by atoms with Gasteiger partial charge in [-0.15, -0.1) is 0 Å². The summed E-state index contributed by atoms with van der Waals surface area (Å²) in [7, 11) is 0. The molecule has 1 heterocycles. The van der Waals surface area contributed by atoms with Gasteiger partial charge in [0, 0.05) is 12.3 Å². The lowest BCUT2D eigenvalue weighted by Crippen LogP contribution is -1.99. The Morgan fingerprint density at radius 1 is 1.40 bits per heavy atom. The number of benzene rings is 1. The second kappa shape index (κ2) is 3.46. The molecule has 0 radical (unpaired) electrons. The minimum atomic E-state index is 0.444. The average molecular weight is 198 g/mol. The van der Waals surface area contributed by atoms with Gasteiger partial charge in [-0.05, 0) is 24.6 Å². The SMILES string of the molecule is Cc1ccc(-n2ccc(N)n2)c(C#N)c1. The lowest BCUT2D eigenvalue weighted by molar-refractivity contribution is 0.882. The number of hydrogen-bond acceptors (Lipinski definition) is 3. The molecule has 1 aromatic heterocycles. The fourth-order valence-corrected chi connectivity index (χ4v) is 1.41. The van der Waals surface area contributed by atoms with Crippen LogP contribution in [0.3, 0.4) is 0 Å². The van der Waals surface area contributed by atoms with Crippen LogP contribution in [0.4, 0.5) is 5.82 Å². The van der Waals surface area contributed by atoms with Gasteiger partial charge in [-0.25, -0.2) is 4.68 Å². The van der Waals surface area contributed by atoms with Crippen molar-refractivity contribution in [2.45, 2.75) is 6.92 Å². The normalized spacial score (nSPS) is 9.87. The molecular weight excluding hydrogens is 188 g/mol. The highest BCUT2D eigenvalue weighted by atomic mass is 15.3. The van der Waals surface area contributed by atoms with Gasteiger partial charge in [0.2, 0.25) is 0 Å². The molecule has 0 spiro atoms. The molecule has 15 heavy (non-hydrogen) atoms. The molecule has 2 rings (SSSR count). The van der Waals surface area contributed by atoms with Crippen molar-refractivity contribution in [2.75, 3.05) is 5.73 Å². The Labute approximate surface area is 87.6 Å². The molecule has 0 aliphatic carbocycles. The van der Waals surface area contributed by atoms with Gasteiger partial charge in [0.05, 0.1) is 11.3 Å². The van der Waals surface area contributed by atoms with E-state index in [1.165, 1.54) is 0 Å². The lowest BCUT2D eigenvalue weighted by atomic mass is 10.1. The van der Waals surface area contributed by atoms with Gasteiger partial charge in [0.25, 0.3) is 0 Å². The van der Waals surface area contributed by atoms with Crippen LogP contribution < -0.4 is 5.73 Å². The van der Waals surface area contributed by atoms with Gasteiger partial charge in [0.15, 0.2) is 0 Å². The summed E-state index contributed by atoms with van der Waals surface area (Å²) < 4.78 is 1.60. The number of hydrogen-bond donors (Lipinski definition) is 1. The molecule has 0 unspecified atom stereocenters. The molecule has 0 aliphatic rings. The minimum absolute atomic E-state index is 0.444. The van der Waals surface area contributed by atoms with Crippen molar-refractivity contribution in [1.29, 1.82) is 5.26 Å². The van der Waals surface area contributed by atoms with Crippen molar-refractivity contribution in [3.05, 3.63) is 41.6 Å². The summed E-state index contributed by atoms with van der Waals surface area (Å²) in [5.74, 6) is 0.444. The lowest BCUT2D eigenvalue weighted by Gasteiger charge is -2.04. The highest BCUT2D eigenvalue weighted by Gasteiger charge is 2.05. The van der Waals surface area contributed by atoms with E-state index in [2.05, 4.69) is 11.2 Å². The number of anilines is 1. The molecule has 0 bridgehead atoms. The van der Waals surface area contributed by atoms with E-state index in [-0.39, 0.29) is 0 Å². The maximum atomic E-state index is 8.99. The summed E-state index contributed by atoms with van der Waals surface area (Å²) in [6.45, 7) is 1.95. The van der Waals surface area contributed by atoms with E-state index in [1.54, 1.807) is 16.9 Å². The molecule has 0 aliphatic heterocycles. The molecule has 74 valence electrons. The molecule has 1 aromatic carbocycles. The summed E-state index contributed by atoms with van der Waals surface area (Å²) >= 11 is 0. The van der Waals surface area contributed by atoms with E-state index in [0.717, 1.165) is 11.3 Å². The largest absolute Gasteiger partial charge is 0.382 e. The summed E-state index contributed by atoms with van der Waals surface area (Å²) in [5.41, 5.74) is 7.92. The maximum Gasteiger partial charge on any atom is 0.145 e. The second-order valence-corrected chi connectivity index (χ2v) is 3.32. The van der Waals surface area contributed by atoms with Crippen LogP contribution in [0.1, 0.15) is 11.1 Å². The van der Waals surface area contributed by atoms with E-state index in [4.69, 9.17) is 11.0 Å². The standard InChI is InChI=1S/C11H10N4/c1-8-2-3-10(9(6-8)7-12)15-5-4-11(13)14-15/h2-6H,1H3,(H2,13,14). The smallest absolute Gasteiger partial charge is 0.145 e. The molecule has 0 saturated heterocycles. The van der Waals surface area contributed by atoms with Crippen LogP contribution in [0.15, 0.2) is 30.5 Å². The fraction of sp³-hybridized carbons (Fsp3) is 0.0909. The molecule has 0 fully saturated rings. The quantitative estimate of drug-likeness (QED) is 0.757. The fourth-order valence-electron chi connectivity index (χ4n) is 1.41. The van der Waals surface area contributed by atoms with Gasteiger partial charge >= 0.3 is 0 Å². The van der Waals surface area contributed by atoms with Crippen molar-refractivity contribution in [1.82, 2.24) is 9.78 Å². The van der Waals surface area contributed by atoms with Crippen molar-refractivity contribution in [3.63, 3.8) is 0 Å². The third-order valence-electron chi connectivity index (χ3n) is 2.13. The summed E-state index contributed by atoms with van der Waals surface area (Å²) in [6.07, 6.45) is 1.74. The van der Waals surface area contributed by atoms with E-state index in [0.29, 0.717) is 11.4 Å². The Morgan fingerprint density at radius 2 is 2.20 bits per heavy atom. The zero-order chi connectivity index (χ0) is 10.8. The highest BCUT2D eigenvalue weighted by Crippen LogP contribution is 2.15. The Bertz CT molecular complexity index is 534. The molecule has 2 N–H and O–H groups in total. The predicted octanol–water partition coefficient (Wildman–Crippen LogP) is 1.63. The number of rotatable bonds is 1. The van der Waals surface area contributed by atoms with Crippen molar-refractivity contribution in [3.8, 4) is 11.8 Å². The first-order valence-corrected chi connectivity index (χ1v) is 4.53. The molecule has 4 heteroatoms. The molecule has 0 amide bonds. The minimum Gasteiger partial charge on any atom is -0.382 e. The number of aromatic nitrogens is 2. The third kappa shape index (κ3) is 1.67. The first-order chi connectivity index (χ1) is 7.20. The van der Waals surface area contributed by atoms with Crippen LogP contribution in [0.25, 0.3) is 5.69 Å². The summed E-state index contributed by atoms with van der Waals surface area (Å²) in [5, 5.41) is 13.1. The van der Waals surface area contributed by atoms with Crippen LogP contribution in [0, 0.1) is 18.3 Å². The van der Waals surface area contributed by atoms with Gasteiger partial charge in [0.1, 0.15) is 11.9 Å². The van der Waals surface area contributed by atoms with E-state index in [1.807, 2.05) is 25.1 Å². The van der Waals surface area contributed by atoms with E-state index < -0.39 is 0 Å². The zero-order valence-corrected chi connectivity index (χ0v) is 8.31. The molecule has 0 saturated carbocycles. The first-order valence-electron chi connectivity index (χ1n) is 4.53. The first kappa shape index (κ1) is 9.28. The van der Waals surface area contributed by atoms with Crippen LogP contribution >= 0.6 is 0 Å². The summed E-state index contributed by atoms with van der Waals surface area (Å²) in [4.78, 5) is 0. The summed E-state index contributed by atoms with van der Waals surface area (Å²) in [6, 6.07) is 9.46. The monoisotopic (exact) mass is 198 g/mol. The Hall–Kier alpha value is -2.28. The number of aryl methyl sites for hydroxylation is 1. The maximum absolute atomic E-state index is 8.99. The van der Waals surface area contributed by atoms with Crippen LogP contribution in [0.2, 0.25) is 0 Å². The van der Waals surface area contributed by atoms with Crippen LogP contribution in [0.5, 0.6) is 0 Å². The Morgan fingerprint density at radius 3 is 2.80 bits per heavy atom. The average Bonchev–Trinajstić information content (AvgIpc) is 2.64. The van der Waals surface area contributed by atoms with Crippen molar-refractivity contribution < 1.29 is 0 Å². The van der Waals surface area contributed by atoms with Gasteiger partial charge in [-0.1, -0.05) is 6.07 Å². The highest BCUT2D eigenvalue weighted by molar-refractivity contribution is 5.50. The number of nitriles is 1. The molecular formula is C11H10N4. The van der Waals surface area contributed by atoms with Crippen LogP contribution in [-0.4, -0.2) is 9.78 Å². The second-order valence-electron chi connectivity index (χ2n) is 3.32.